The van der Waals surface area contributed by atoms with E-state index in [2.05, 4.69) is 10.0 Å². The van der Waals surface area contributed by atoms with Gasteiger partial charge in [0, 0.05) is 0 Å². The van der Waals surface area contributed by atoms with Crippen molar-refractivity contribution in [3.63, 3.8) is 0 Å². The molecule has 0 heterocycles. The maximum Gasteiger partial charge on any atom is 0.400 e. The molecule has 4 N–H and O–H groups in total. The van der Waals surface area contributed by atoms with E-state index in [4.69, 9.17) is 10.00 Å². The highest BCUT2D eigenvalue weighted by molar-refractivity contribution is 7.50. The van der Waals surface area contributed by atoms with E-state index in [1.54, 1.807) is 13.8 Å². The first-order valence-electron chi connectivity index (χ1n) is 3.19. The van der Waals surface area contributed by atoms with Crippen molar-refractivity contribution in [3.05, 3.63) is 0 Å². The van der Waals surface area contributed by atoms with Crippen LogP contribution < -0.4 is 5.50 Å². The lowest BCUT2D eigenvalue weighted by atomic mass is 10.1. The molecule has 0 aliphatic carbocycles. The Bertz CT molecular complexity index is 158. The Morgan fingerprint density at radius 2 is 2.09 bits per heavy atom. The monoisotopic (exact) mass is 183 g/mol. The van der Waals surface area contributed by atoms with Gasteiger partial charge in [-0.15, -0.1) is 0 Å². The zero-order valence-electron chi connectivity index (χ0n) is 6.65. The summed E-state index contributed by atoms with van der Waals surface area (Å²) in [5.41, 5.74) is 3.78. The normalized spacial score (nSPS) is 17.9. The lowest BCUT2D eigenvalue weighted by Crippen LogP contribution is -2.20. The van der Waals surface area contributed by atoms with Crippen LogP contribution >= 0.6 is 7.75 Å². The zero-order valence-corrected chi connectivity index (χ0v) is 7.54. The standard InChI is InChI=1S/C5H14NO4P/c1-5(2,7)3-4-10-11(6,8)9/h7H,3-4H2,1-2H3,(H3,6,8,9). The molecule has 0 amide bonds. The van der Waals surface area contributed by atoms with Crippen molar-refractivity contribution in [2.45, 2.75) is 25.9 Å². The van der Waals surface area contributed by atoms with E-state index in [1.165, 1.54) is 0 Å². The molecule has 0 saturated heterocycles. The van der Waals surface area contributed by atoms with E-state index < -0.39 is 13.3 Å². The quantitative estimate of drug-likeness (QED) is 0.542. The summed E-state index contributed by atoms with van der Waals surface area (Å²) in [5.74, 6) is 0. The first kappa shape index (κ1) is 11.1. The van der Waals surface area contributed by atoms with E-state index in [9.17, 15) is 4.57 Å². The predicted molar refractivity (Wildman–Crippen MR) is 40.9 cm³/mol. The van der Waals surface area contributed by atoms with Gasteiger partial charge in [-0.1, -0.05) is 0 Å². The molecule has 11 heavy (non-hydrogen) atoms. The molecule has 0 bridgehead atoms. The molecule has 6 heteroatoms. The minimum absolute atomic E-state index is 0.0201. The van der Waals surface area contributed by atoms with E-state index >= 15 is 0 Å². The van der Waals surface area contributed by atoms with Crippen LogP contribution in [-0.4, -0.2) is 22.2 Å². The van der Waals surface area contributed by atoms with Crippen molar-refractivity contribution in [2.75, 3.05) is 6.61 Å². The molecule has 0 rings (SSSR count). The van der Waals surface area contributed by atoms with Gasteiger partial charge >= 0.3 is 7.75 Å². The zero-order chi connectivity index (χ0) is 9.12. The number of nitrogens with two attached hydrogens (primary N) is 1. The van der Waals surface area contributed by atoms with Crippen molar-refractivity contribution in [1.29, 1.82) is 0 Å². The summed E-state index contributed by atoms with van der Waals surface area (Å²) in [6.45, 7) is 3.14. The molecule has 5 nitrogen and oxygen atoms in total. The summed E-state index contributed by atoms with van der Waals surface area (Å²) in [5, 5.41) is 9.12. The van der Waals surface area contributed by atoms with E-state index in [0.29, 0.717) is 0 Å². The van der Waals surface area contributed by atoms with E-state index in [1.807, 2.05) is 0 Å². The van der Waals surface area contributed by atoms with E-state index in [-0.39, 0.29) is 13.0 Å². The molecule has 0 radical (unpaired) electrons. The molecule has 0 aromatic rings. The van der Waals surface area contributed by atoms with Crippen LogP contribution in [0.4, 0.5) is 0 Å². The average Bonchev–Trinajstić information content (AvgIpc) is 1.55. The smallest absolute Gasteiger partial charge is 0.390 e. The molecule has 0 aliphatic heterocycles. The third-order valence-corrected chi connectivity index (χ3v) is 1.54. The maximum absolute atomic E-state index is 10.3. The molecule has 0 aromatic heterocycles. The Hall–Kier alpha value is 0.0700. The van der Waals surface area contributed by atoms with Gasteiger partial charge in [0.2, 0.25) is 0 Å². The summed E-state index contributed by atoms with van der Waals surface area (Å²) in [6.07, 6.45) is 0.273. The molecule has 1 unspecified atom stereocenters. The topological polar surface area (TPSA) is 92.8 Å². The SMILES string of the molecule is CC(C)(O)CCOP(N)(=O)O. The summed E-state index contributed by atoms with van der Waals surface area (Å²) >= 11 is 0. The van der Waals surface area contributed by atoms with Crippen molar-refractivity contribution in [3.8, 4) is 0 Å². The largest absolute Gasteiger partial charge is 0.400 e. The fraction of sp³-hybridized carbons (Fsp3) is 1.00. The Balaban J connectivity index is 3.52. The summed E-state index contributed by atoms with van der Waals surface area (Å²) in [6, 6.07) is 0. The van der Waals surface area contributed by atoms with Crippen LogP contribution in [-0.2, 0) is 9.09 Å². The molecular weight excluding hydrogens is 169 g/mol. The highest BCUT2D eigenvalue weighted by atomic mass is 31.2. The van der Waals surface area contributed by atoms with Gasteiger partial charge in [-0.05, 0) is 20.3 Å². The summed E-state index contributed by atoms with van der Waals surface area (Å²) in [4.78, 5) is 8.44. The van der Waals surface area contributed by atoms with Gasteiger partial charge in [-0.3, -0.25) is 4.52 Å². The van der Waals surface area contributed by atoms with Crippen molar-refractivity contribution in [1.82, 2.24) is 0 Å². The summed E-state index contributed by atoms with van der Waals surface area (Å²) in [7, 11) is -3.86. The third-order valence-electron chi connectivity index (χ3n) is 0.990. The Labute approximate surface area is 65.8 Å². The number of hydrogen-bond acceptors (Lipinski definition) is 3. The van der Waals surface area contributed by atoms with Gasteiger partial charge in [-0.2, -0.15) is 0 Å². The van der Waals surface area contributed by atoms with Crippen LogP contribution in [0.25, 0.3) is 0 Å². The Morgan fingerprint density at radius 3 is 2.36 bits per heavy atom. The van der Waals surface area contributed by atoms with Crippen LogP contribution in [0.2, 0.25) is 0 Å². The van der Waals surface area contributed by atoms with Gasteiger partial charge in [0.25, 0.3) is 0 Å². The first-order valence-corrected chi connectivity index (χ1v) is 4.84. The average molecular weight is 183 g/mol. The van der Waals surface area contributed by atoms with Crippen LogP contribution in [0, 0.1) is 0 Å². The second kappa shape index (κ2) is 3.65. The first-order chi connectivity index (χ1) is 4.71. The number of aliphatic hydroxyl groups is 1. The lowest BCUT2D eigenvalue weighted by Gasteiger charge is -2.16. The van der Waals surface area contributed by atoms with Crippen molar-refractivity contribution < 1.29 is 19.1 Å². The fourth-order valence-corrected chi connectivity index (χ4v) is 0.779. The Morgan fingerprint density at radius 1 is 1.64 bits per heavy atom. The van der Waals surface area contributed by atoms with Crippen molar-refractivity contribution >= 4 is 7.75 Å². The Kier molecular flexibility index (Phi) is 3.67. The predicted octanol–water partition coefficient (Wildman–Crippen LogP) is 0.223. The molecule has 0 saturated carbocycles. The van der Waals surface area contributed by atoms with Crippen molar-refractivity contribution in [2.24, 2.45) is 5.50 Å². The molecular formula is C5H14NO4P. The molecule has 0 spiro atoms. The summed E-state index contributed by atoms with van der Waals surface area (Å²) < 4.78 is 14.7. The van der Waals surface area contributed by atoms with Crippen LogP contribution in [0.15, 0.2) is 0 Å². The van der Waals surface area contributed by atoms with Gasteiger partial charge < -0.3 is 10.00 Å². The molecule has 0 aliphatic rings. The van der Waals surface area contributed by atoms with E-state index in [0.717, 1.165) is 0 Å². The second-order valence-electron chi connectivity index (χ2n) is 2.96. The number of hydrogen-bond donors (Lipinski definition) is 3. The van der Waals surface area contributed by atoms with Gasteiger partial charge in [0.15, 0.2) is 0 Å². The minimum atomic E-state index is -3.86. The third kappa shape index (κ3) is 10.1. The van der Waals surface area contributed by atoms with Crippen LogP contribution in [0.5, 0.6) is 0 Å². The van der Waals surface area contributed by atoms with Gasteiger partial charge in [0.1, 0.15) is 0 Å². The molecule has 1 atom stereocenters. The number of rotatable bonds is 4. The lowest BCUT2D eigenvalue weighted by molar-refractivity contribution is 0.0538. The fourth-order valence-electron chi connectivity index (χ4n) is 0.426. The van der Waals surface area contributed by atoms with Crippen LogP contribution in [0.1, 0.15) is 20.3 Å². The van der Waals surface area contributed by atoms with Gasteiger partial charge in [-0.25, -0.2) is 10.1 Å². The highest BCUT2D eigenvalue weighted by Gasteiger charge is 2.16. The minimum Gasteiger partial charge on any atom is -0.390 e. The highest BCUT2D eigenvalue weighted by Crippen LogP contribution is 2.31. The van der Waals surface area contributed by atoms with Gasteiger partial charge in [0.05, 0.1) is 12.2 Å². The molecule has 68 valence electrons. The molecule has 0 fully saturated rings. The molecule has 0 aromatic carbocycles. The maximum atomic E-state index is 10.3. The van der Waals surface area contributed by atoms with Crippen LogP contribution in [0.3, 0.4) is 0 Å². The second-order valence-corrected chi connectivity index (χ2v) is 4.35.